The molecule has 0 fully saturated rings. The Balaban J connectivity index is 2.60. The minimum Gasteiger partial charge on any atom is -0.375 e. The highest BCUT2D eigenvalue weighted by molar-refractivity contribution is 7.91. The Labute approximate surface area is 94.6 Å². The topological polar surface area (TPSA) is 62.0 Å². The molecule has 0 atom stereocenters. The van der Waals surface area contributed by atoms with Gasteiger partial charge in [-0.1, -0.05) is 6.92 Å². The number of aromatic nitrogens is 1. The van der Waals surface area contributed by atoms with Crippen molar-refractivity contribution in [1.82, 2.24) is 4.98 Å². The van der Waals surface area contributed by atoms with E-state index in [4.69, 9.17) is 0 Å². The number of fused-ring (bicyclic) bond motifs is 1. The summed E-state index contributed by atoms with van der Waals surface area (Å²) in [6.07, 6.45) is 0. The third-order valence-corrected chi connectivity index (χ3v) is 4.33. The van der Waals surface area contributed by atoms with Crippen LogP contribution in [0.5, 0.6) is 0 Å². The van der Waals surface area contributed by atoms with E-state index in [1.807, 2.05) is 13.1 Å². The van der Waals surface area contributed by atoms with Crippen LogP contribution >= 0.6 is 0 Å². The minimum atomic E-state index is -3.12. The molecule has 16 heavy (non-hydrogen) atoms. The lowest BCUT2D eigenvalue weighted by Crippen LogP contribution is -2.02. The third-order valence-electron chi connectivity index (χ3n) is 2.60. The van der Waals surface area contributed by atoms with E-state index in [1.54, 1.807) is 25.1 Å². The van der Waals surface area contributed by atoms with E-state index in [1.165, 1.54) is 0 Å². The smallest absolute Gasteiger partial charge is 0.178 e. The Hall–Kier alpha value is -1.49. The van der Waals surface area contributed by atoms with Crippen molar-refractivity contribution in [3.63, 3.8) is 0 Å². The molecule has 0 saturated heterocycles. The molecule has 0 amide bonds. The van der Waals surface area contributed by atoms with E-state index in [9.17, 15) is 8.42 Å². The lowest BCUT2D eigenvalue weighted by molar-refractivity contribution is 0.597. The van der Waals surface area contributed by atoms with Crippen molar-refractivity contribution >= 4 is 26.6 Å². The van der Waals surface area contributed by atoms with Gasteiger partial charge in [-0.2, -0.15) is 0 Å². The van der Waals surface area contributed by atoms with Gasteiger partial charge in [0.25, 0.3) is 0 Å². The average Bonchev–Trinajstić information content (AvgIpc) is 2.70. The van der Waals surface area contributed by atoms with Crippen molar-refractivity contribution < 1.29 is 8.42 Å². The molecule has 0 saturated carbocycles. The largest absolute Gasteiger partial charge is 0.375 e. The van der Waals surface area contributed by atoms with Gasteiger partial charge >= 0.3 is 0 Å². The molecule has 0 aliphatic rings. The van der Waals surface area contributed by atoms with Crippen molar-refractivity contribution in [3.8, 4) is 0 Å². The van der Waals surface area contributed by atoms with E-state index in [0.717, 1.165) is 16.7 Å². The highest BCUT2D eigenvalue weighted by atomic mass is 32.2. The van der Waals surface area contributed by atoms with Crippen LogP contribution in [-0.4, -0.2) is 26.2 Å². The molecule has 0 radical (unpaired) electrons. The van der Waals surface area contributed by atoms with E-state index < -0.39 is 9.84 Å². The average molecular weight is 238 g/mol. The van der Waals surface area contributed by atoms with Crippen LogP contribution in [0.1, 0.15) is 6.92 Å². The zero-order valence-electron chi connectivity index (χ0n) is 9.24. The summed E-state index contributed by atoms with van der Waals surface area (Å²) in [6.45, 7) is 1.65. The second-order valence-corrected chi connectivity index (χ2v) is 5.86. The Morgan fingerprint density at radius 1 is 1.31 bits per heavy atom. The summed E-state index contributed by atoms with van der Waals surface area (Å²) in [5, 5.41) is 3.89. The molecule has 2 aromatic rings. The summed E-state index contributed by atoms with van der Waals surface area (Å²) in [6, 6.07) is 7.02. The van der Waals surface area contributed by atoms with Gasteiger partial charge < -0.3 is 10.3 Å². The summed E-state index contributed by atoms with van der Waals surface area (Å²) in [4.78, 5) is 3.51. The maximum absolute atomic E-state index is 11.7. The molecular formula is C11H14N2O2S. The molecule has 0 unspecified atom stereocenters. The second-order valence-electron chi connectivity index (χ2n) is 3.59. The summed E-state index contributed by atoms with van der Waals surface area (Å²) < 4.78 is 23.4. The number of H-pyrrole nitrogens is 1. The molecular weight excluding hydrogens is 224 g/mol. The Morgan fingerprint density at radius 2 is 2.06 bits per heavy atom. The Bertz CT molecular complexity index is 614. The fourth-order valence-electron chi connectivity index (χ4n) is 1.61. The van der Waals surface area contributed by atoms with Crippen molar-refractivity contribution in [1.29, 1.82) is 0 Å². The fraction of sp³-hybridized carbons (Fsp3) is 0.273. The normalized spacial score (nSPS) is 11.9. The number of sulfone groups is 1. The maximum Gasteiger partial charge on any atom is 0.178 e. The molecule has 1 aromatic heterocycles. The van der Waals surface area contributed by atoms with E-state index >= 15 is 0 Å². The first kappa shape index (κ1) is 11.0. The fourth-order valence-corrected chi connectivity index (χ4v) is 2.52. The molecule has 0 spiro atoms. The highest BCUT2D eigenvalue weighted by Crippen LogP contribution is 2.22. The van der Waals surface area contributed by atoms with Crippen LogP contribution in [-0.2, 0) is 9.84 Å². The van der Waals surface area contributed by atoms with Crippen LogP contribution in [0.15, 0.2) is 29.2 Å². The van der Waals surface area contributed by atoms with Gasteiger partial charge in [0.2, 0.25) is 0 Å². The molecule has 5 heteroatoms. The number of hydrogen-bond acceptors (Lipinski definition) is 3. The first-order valence-electron chi connectivity index (χ1n) is 5.10. The lowest BCUT2D eigenvalue weighted by Gasteiger charge is -2.00. The molecule has 0 aliphatic carbocycles. The van der Waals surface area contributed by atoms with Gasteiger partial charge in [0, 0.05) is 18.0 Å². The summed E-state index contributed by atoms with van der Waals surface area (Å²) in [7, 11) is -1.31. The van der Waals surface area contributed by atoms with Gasteiger partial charge in [0.05, 0.1) is 10.6 Å². The van der Waals surface area contributed by atoms with Gasteiger partial charge in [0.15, 0.2) is 9.84 Å². The standard InChI is InChI=1S/C11H14N2O2S/c1-3-16(14,15)9-4-5-10-8(6-9)7-11(12-2)13-10/h4-7,12-13H,3H2,1-2H3. The van der Waals surface area contributed by atoms with Gasteiger partial charge in [-0.3, -0.25) is 0 Å². The number of hydrogen-bond donors (Lipinski definition) is 2. The maximum atomic E-state index is 11.7. The van der Waals surface area contributed by atoms with Crippen LogP contribution in [0.3, 0.4) is 0 Å². The Morgan fingerprint density at radius 3 is 2.69 bits per heavy atom. The van der Waals surface area contributed by atoms with Gasteiger partial charge in [0.1, 0.15) is 5.82 Å². The molecule has 0 bridgehead atoms. The van der Waals surface area contributed by atoms with E-state index in [0.29, 0.717) is 4.90 Å². The van der Waals surface area contributed by atoms with Crippen LogP contribution in [0.2, 0.25) is 0 Å². The number of benzene rings is 1. The molecule has 0 aliphatic heterocycles. The zero-order valence-corrected chi connectivity index (χ0v) is 10.1. The van der Waals surface area contributed by atoms with E-state index in [-0.39, 0.29) is 5.75 Å². The number of aromatic amines is 1. The first-order chi connectivity index (χ1) is 7.56. The van der Waals surface area contributed by atoms with Crippen LogP contribution in [0, 0.1) is 0 Å². The summed E-state index contributed by atoms with van der Waals surface area (Å²) >= 11 is 0. The van der Waals surface area contributed by atoms with Crippen molar-refractivity contribution in [2.75, 3.05) is 18.1 Å². The third kappa shape index (κ3) is 1.78. The minimum absolute atomic E-state index is 0.127. The van der Waals surface area contributed by atoms with Crippen LogP contribution < -0.4 is 5.32 Å². The van der Waals surface area contributed by atoms with Crippen LogP contribution in [0.25, 0.3) is 10.9 Å². The zero-order chi connectivity index (χ0) is 11.8. The molecule has 1 heterocycles. The quantitative estimate of drug-likeness (QED) is 0.859. The second kappa shape index (κ2) is 3.83. The molecule has 86 valence electrons. The van der Waals surface area contributed by atoms with Gasteiger partial charge in [-0.15, -0.1) is 0 Å². The SMILES string of the molecule is CCS(=O)(=O)c1ccc2[nH]c(NC)cc2c1. The number of rotatable bonds is 3. The molecule has 4 nitrogen and oxygen atoms in total. The number of anilines is 1. The molecule has 1 aromatic carbocycles. The predicted molar refractivity (Wildman–Crippen MR) is 65.6 cm³/mol. The predicted octanol–water partition coefficient (Wildman–Crippen LogP) is 2.00. The Kier molecular flexibility index (Phi) is 2.63. The summed E-state index contributed by atoms with van der Waals surface area (Å²) in [5.41, 5.74) is 0.930. The lowest BCUT2D eigenvalue weighted by atomic mass is 10.2. The number of nitrogens with one attached hydrogen (secondary N) is 2. The first-order valence-corrected chi connectivity index (χ1v) is 6.75. The highest BCUT2D eigenvalue weighted by Gasteiger charge is 2.12. The van der Waals surface area contributed by atoms with Gasteiger partial charge in [-0.05, 0) is 24.3 Å². The van der Waals surface area contributed by atoms with Crippen molar-refractivity contribution in [2.24, 2.45) is 0 Å². The van der Waals surface area contributed by atoms with Gasteiger partial charge in [-0.25, -0.2) is 8.42 Å². The molecule has 2 N–H and O–H groups in total. The van der Waals surface area contributed by atoms with Crippen LogP contribution in [0.4, 0.5) is 5.82 Å². The monoisotopic (exact) mass is 238 g/mol. The van der Waals surface area contributed by atoms with Crippen molar-refractivity contribution in [2.45, 2.75) is 11.8 Å². The summed E-state index contributed by atoms with van der Waals surface area (Å²) in [5.74, 6) is 1.00. The van der Waals surface area contributed by atoms with Crippen molar-refractivity contribution in [3.05, 3.63) is 24.3 Å². The molecule has 2 rings (SSSR count). The van der Waals surface area contributed by atoms with E-state index in [2.05, 4.69) is 10.3 Å².